The second-order valence-corrected chi connectivity index (χ2v) is 5.33. The number of hydrogen-bond donors (Lipinski definition) is 1. The van der Waals surface area contributed by atoms with Crippen molar-refractivity contribution in [1.82, 2.24) is 5.32 Å². The fourth-order valence-corrected chi connectivity index (χ4v) is 2.66. The molecule has 1 radical (unpaired) electrons. The van der Waals surface area contributed by atoms with Gasteiger partial charge in [-0.3, -0.25) is 0 Å². The van der Waals surface area contributed by atoms with Crippen LogP contribution in [0.4, 0.5) is 0 Å². The van der Waals surface area contributed by atoms with Crippen molar-refractivity contribution in [2.24, 2.45) is 0 Å². The lowest BCUT2D eigenvalue weighted by atomic mass is 9.75. The normalized spacial score (nSPS) is 27.1. The summed E-state index contributed by atoms with van der Waals surface area (Å²) >= 11 is 0. The summed E-state index contributed by atoms with van der Waals surface area (Å²) in [6.45, 7) is 1.00. The van der Waals surface area contributed by atoms with Gasteiger partial charge in [-0.25, -0.2) is 0 Å². The predicted octanol–water partition coefficient (Wildman–Crippen LogP) is 3.40. The molecule has 0 heterocycles. The minimum absolute atomic E-state index is 0.0333. The van der Waals surface area contributed by atoms with E-state index in [0.29, 0.717) is 0 Å². The van der Waals surface area contributed by atoms with Crippen molar-refractivity contribution in [1.29, 1.82) is 0 Å². The summed E-state index contributed by atoms with van der Waals surface area (Å²) in [6.07, 6.45) is 15.1. The summed E-state index contributed by atoms with van der Waals surface area (Å²) in [7, 11) is 0. The highest BCUT2D eigenvalue weighted by Gasteiger charge is 2.31. The molecule has 0 aliphatic heterocycles. The van der Waals surface area contributed by atoms with Gasteiger partial charge in [0, 0.05) is 18.0 Å². The Labute approximate surface area is 110 Å². The van der Waals surface area contributed by atoms with Crippen LogP contribution in [0.2, 0.25) is 0 Å². The Balaban J connectivity index is 1.79. The van der Waals surface area contributed by atoms with E-state index < -0.39 is 0 Å². The van der Waals surface area contributed by atoms with E-state index in [1.165, 1.54) is 24.8 Å². The topological polar surface area (TPSA) is 12.0 Å². The summed E-state index contributed by atoms with van der Waals surface area (Å²) in [5, 5.41) is 3.71. The van der Waals surface area contributed by atoms with Crippen molar-refractivity contribution in [3.05, 3.63) is 66.6 Å². The Hall–Kier alpha value is -1.34. The third-order valence-corrected chi connectivity index (χ3v) is 4.11. The lowest BCUT2D eigenvalue weighted by molar-refractivity contribution is 0.324. The number of hydrogen-bond acceptors (Lipinski definition) is 1. The number of rotatable bonds is 4. The Morgan fingerprint density at radius 3 is 2.50 bits per heavy atom. The Bertz CT molecular complexity index is 442. The lowest BCUT2D eigenvalue weighted by Gasteiger charge is -2.36. The van der Waals surface area contributed by atoms with E-state index in [9.17, 15) is 0 Å². The van der Waals surface area contributed by atoms with E-state index in [1.807, 2.05) is 0 Å². The van der Waals surface area contributed by atoms with Gasteiger partial charge in [-0.05, 0) is 24.8 Å². The van der Waals surface area contributed by atoms with Crippen LogP contribution in [0.5, 0.6) is 0 Å². The van der Waals surface area contributed by atoms with Crippen molar-refractivity contribution < 1.29 is 0 Å². The molecule has 0 saturated heterocycles. The Morgan fingerprint density at radius 2 is 1.89 bits per heavy atom. The average molecular weight is 238 g/mol. The van der Waals surface area contributed by atoms with Crippen LogP contribution in [0.15, 0.2) is 54.6 Å². The van der Waals surface area contributed by atoms with Crippen LogP contribution in [-0.4, -0.2) is 12.6 Å². The molecule has 1 unspecified atom stereocenters. The zero-order valence-electron chi connectivity index (χ0n) is 10.7. The highest BCUT2D eigenvalue weighted by molar-refractivity contribution is 5.42. The number of allylic oxidation sites excluding steroid dienone is 3. The van der Waals surface area contributed by atoms with Crippen molar-refractivity contribution in [2.45, 2.75) is 30.7 Å². The van der Waals surface area contributed by atoms with Gasteiger partial charge in [0.05, 0.1) is 0 Å². The van der Waals surface area contributed by atoms with Crippen LogP contribution < -0.4 is 5.32 Å². The van der Waals surface area contributed by atoms with E-state index in [4.69, 9.17) is 0 Å². The second kappa shape index (κ2) is 5.11. The molecule has 1 N–H and O–H groups in total. The quantitative estimate of drug-likeness (QED) is 0.847. The maximum Gasteiger partial charge on any atom is 0.0329 e. The van der Waals surface area contributed by atoms with Gasteiger partial charge in [-0.2, -0.15) is 0 Å². The molecule has 3 rings (SSSR count). The summed E-state index contributed by atoms with van der Waals surface area (Å²) in [5.41, 5.74) is 1.41. The monoisotopic (exact) mass is 238 g/mol. The van der Waals surface area contributed by atoms with E-state index in [2.05, 4.69) is 66.4 Å². The first kappa shape index (κ1) is 11.7. The standard InChI is InChI=1S/C17H20N/c1-3-8-15(9-4-1)17(12-5-2-6-13-17)14-18-16-10-7-11-16/h1-6,8-9,12-13,16,18H,7,10-11,14H2. The molecular weight excluding hydrogens is 218 g/mol. The van der Waals surface area contributed by atoms with Gasteiger partial charge in [-0.1, -0.05) is 61.1 Å². The Morgan fingerprint density at radius 1 is 1.06 bits per heavy atom. The van der Waals surface area contributed by atoms with E-state index in [0.717, 1.165) is 12.6 Å². The molecule has 1 fully saturated rings. The predicted molar refractivity (Wildman–Crippen MR) is 76.3 cm³/mol. The second-order valence-electron chi connectivity index (χ2n) is 5.33. The minimum atomic E-state index is 0.0333. The third kappa shape index (κ3) is 2.28. The molecule has 1 heteroatoms. The molecule has 2 aliphatic carbocycles. The first-order chi connectivity index (χ1) is 8.89. The van der Waals surface area contributed by atoms with E-state index >= 15 is 0 Å². The largest absolute Gasteiger partial charge is 0.313 e. The highest BCUT2D eigenvalue weighted by atomic mass is 14.9. The average Bonchev–Trinajstić information content (AvgIpc) is 2.39. The summed E-state index contributed by atoms with van der Waals surface area (Å²) in [6, 6.07) is 11.5. The molecule has 0 bridgehead atoms. The van der Waals surface area contributed by atoms with Crippen molar-refractivity contribution in [3.63, 3.8) is 0 Å². The zero-order valence-corrected chi connectivity index (χ0v) is 10.7. The van der Waals surface area contributed by atoms with Gasteiger partial charge >= 0.3 is 0 Å². The summed E-state index contributed by atoms with van der Waals surface area (Å²) in [4.78, 5) is 0. The summed E-state index contributed by atoms with van der Waals surface area (Å²) < 4.78 is 0. The molecule has 0 spiro atoms. The molecular formula is C17H20N. The van der Waals surface area contributed by atoms with Crippen LogP contribution in [0, 0.1) is 6.42 Å². The van der Waals surface area contributed by atoms with Gasteiger partial charge in [0.25, 0.3) is 0 Å². The molecule has 1 aromatic rings. The van der Waals surface area contributed by atoms with Gasteiger partial charge in [0.1, 0.15) is 0 Å². The summed E-state index contributed by atoms with van der Waals surface area (Å²) in [5.74, 6) is 0. The number of nitrogens with one attached hydrogen (secondary N) is 1. The number of benzene rings is 1. The molecule has 0 aromatic heterocycles. The SMILES string of the molecule is [CH]1C=CC=CC1(CNC1CCC1)c1ccccc1. The van der Waals surface area contributed by atoms with E-state index in [1.54, 1.807) is 0 Å². The maximum atomic E-state index is 3.71. The first-order valence-electron chi connectivity index (χ1n) is 6.88. The van der Waals surface area contributed by atoms with E-state index in [-0.39, 0.29) is 5.41 Å². The maximum absolute atomic E-state index is 3.71. The fourth-order valence-electron chi connectivity index (χ4n) is 2.66. The molecule has 1 aromatic carbocycles. The van der Waals surface area contributed by atoms with Crippen molar-refractivity contribution >= 4 is 0 Å². The van der Waals surface area contributed by atoms with Crippen LogP contribution >= 0.6 is 0 Å². The van der Waals surface area contributed by atoms with Crippen molar-refractivity contribution in [2.75, 3.05) is 6.54 Å². The molecule has 1 atom stereocenters. The van der Waals surface area contributed by atoms with Crippen molar-refractivity contribution in [3.8, 4) is 0 Å². The lowest BCUT2D eigenvalue weighted by Crippen LogP contribution is -2.44. The zero-order chi connectivity index (χ0) is 12.3. The van der Waals surface area contributed by atoms with Gasteiger partial charge < -0.3 is 5.32 Å². The minimum Gasteiger partial charge on any atom is -0.313 e. The molecule has 0 amide bonds. The Kier molecular flexibility index (Phi) is 3.33. The smallest absolute Gasteiger partial charge is 0.0329 e. The van der Waals surface area contributed by atoms with Gasteiger partial charge in [0.2, 0.25) is 0 Å². The molecule has 1 nitrogen and oxygen atoms in total. The van der Waals surface area contributed by atoms with Crippen LogP contribution in [-0.2, 0) is 5.41 Å². The van der Waals surface area contributed by atoms with Gasteiger partial charge in [-0.15, -0.1) is 0 Å². The molecule has 93 valence electrons. The molecule has 2 aliphatic rings. The molecule has 18 heavy (non-hydrogen) atoms. The highest BCUT2D eigenvalue weighted by Crippen LogP contribution is 2.32. The molecule has 1 saturated carbocycles. The third-order valence-electron chi connectivity index (χ3n) is 4.11. The van der Waals surface area contributed by atoms with Gasteiger partial charge in [0.15, 0.2) is 0 Å². The van der Waals surface area contributed by atoms with Crippen LogP contribution in [0.25, 0.3) is 0 Å². The van der Waals surface area contributed by atoms with Crippen LogP contribution in [0.3, 0.4) is 0 Å². The fraction of sp³-hybridized carbons (Fsp3) is 0.353. The first-order valence-corrected chi connectivity index (χ1v) is 6.88. The van der Waals surface area contributed by atoms with Crippen LogP contribution in [0.1, 0.15) is 24.8 Å².